The summed E-state index contributed by atoms with van der Waals surface area (Å²) in [7, 11) is 1.88. The molecule has 0 aliphatic heterocycles. The van der Waals surface area contributed by atoms with Crippen LogP contribution in [0.3, 0.4) is 0 Å². The minimum Gasteiger partial charge on any atom is -0.455 e. The van der Waals surface area contributed by atoms with Gasteiger partial charge in [-0.2, -0.15) is 14.8 Å². The number of aryl methyl sites for hydroxylation is 2. The van der Waals surface area contributed by atoms with E-state index in [1.54, 1.807) is 11.6 Å². The third kappa shape index (κ3) is 3.98. The second kappa shape index (κ2) is 8.88. The fourth-order valence-corrected chi connectivity index (χ4v) is 4.90. The highest BCUT2D eigenvalue weighted by molar-refractivity contribution is 5.87. The molecule has 0 saturated heterocycles. The average molecular weight is 508 g/mol. The van der Waals surface area contributed by atoms with Crippen molar-refractivity contribution >= 4 is 27.6 Å². The molecule has 1 unspecified atom stereocenters. The van der Waals surface area contributed by atoms with E-state index in [2.05, 4.69) is 15.4 Å². The van der Waals surface area contributed by atoms with Crippen LogP contribution in [0.2, 0.25) is 0 Å². The van der Waals surface area contributed by atoms with E-state index in [9.17, 15) is 9.59 Å². The maximum absolute atomic E-state index is 13.6. The normalized spacial score (nSPS) is 12.3. The number of rotatable bonds is 5. The molecule has 3 heterocycles. The van der Waals surface area contributed by atoms with Crippen LogP contribution in [0.4, 0.5) is 5.69 Å². The Kier molecular flexibility index (Phi) is 5.48. The van der Waals surface area contributed by atoms with Gasteiger partial charge in [-0.05, 0) is 62.7 Å². The first-order valence-corrected chi connectivity index (χ1v) is 12.2. The van der Waals surface area contributed by atoms with Crippen molar-refractivity contribution in [3.8, 4) is 17.0 Å². The molecule has 9 heteroatoms. The van der Waals surface area contributed by atoms with Crippen molar-refractivity contribution in [3.63, 3.8) is 0 Å². The minimum absolute atomic E-state index is 0.0646. The Labute approximate surface area is 216 Å². The fourth-order valence-electron chi connectivity index (χ4n) is 4.90. The predicted octanol–water partition coefficient (Wildman–Crippen LogP) is 5.28. The smallest absolute Gasteiger partial charge is 0.455 e. The van der Waals surface area contributed by atoms with Crippen molar-refractivity contribution in [1.82, 2.24) is 19.5 Å². The number of nitrogens with one attached hydrogen (secondary N) is 1. The molecule has 38 heavy (non-hydrogen) atoms. The lowest BCUT2D eigenvalue weighted by Crippen LogP contribution is -2.13. The Balaban J connectivity index is 1.48. The van der Waals surface area contributed by atoms with Gasteiger partial charge in [0.15, 0.2) is 5.43 Å². The first kappa shape index (κ1) is 23.5. The molecule has 0 bridgehead atoms. The second-order valence-electron chi connectivity index (χ2n) is 9.50. The molecule has 1 atom stereocenters. The largest absolute Gasteiger partial charge is 0.459 e. The van der Waals surface area contributed by atoms with Gasteiger partial charge in [-0.25, -0.2) is 4.79 Å². The maximum atomic E-state index is 13.6. The number of para-hydroxylation sites is 2. The number of aromatic nitrogens is 4. The summed E-state index contributed by atoms with van der Waals surface area (Å²) in [6, 6.07) is 16.9. The van der Waals surface area contributed by atoms with Crippen LogP contribution < -0.4 is 16.5 Å². The second-order valence-corrected chi connectivity index (χ2v) is 9.50. The van der Waals surface area contributed by atoms with Crippen LogP contribution in [-0.2, 0) is 7.05 Å². The van der Waals surface area contributed by atoms with E-state index < -0.39 is 5.76 Å². The van der Waals surface area contributed by atoms with Crippen molar-refractivity contribution in [2.24, 2.45) is 7.05 Å². The van der Waals surface area contributed by atoms with E-state index >= 15 is 0 Å². The number of benzene rings is 3. The number of hydrogen-bond acceptors (Lipinski definition) is 7. The molecule has 3 aromatic heterocycles. The summed E-state index contributed by atoms with van der Waals surface area (Å²) in [4.78, 5) is 28.7. The van der Waals surface area contributed by atoms with Gasteiger partial charge in [0, 0.05) is 35.3 Å². The Hall–Kier alpha value is -4.92. The Morgan fingerprint density at radius 2 is 1.84 bits per heavy atom. The third-order valence-electron chi connectivity index (χ3n) is 6.70. The SMILES string of the molecule is Cc1cc(C(C)Nc2ccccc2-n2cnc(=O)o2)c2oc(-c3ccc4nn(C)cc4c3)c(C)c(=O)c2c1. The molecule has 0 aliphatic carbocycles. The molecule has 6 rings (SSSR count). The van der Waals surface area contributed by atoms with Gasteiger partial charge in [0.1, 0.15) is 23.4 Å². The molecule has 1 N–H and O–H groups in total. The molecule has 190 valence electrons. The van der Waals surface area contributed by atoms with E-state index in [0.29, 0.717) is 28.0 Å². The summed E-state index contributed by atoms with van der Waals surface area (Å²) in [5.41, 5.74) is 5.85. The van der Waals surface area contributed by atoms with Crippen LogP contribution in [-0.4, -0.2) is 19.5 Å². The van der Waals surface area contributed by atoms with Crippen LogP contribution >= 0.6 is 0 Å². The lowest BCUT2D eigenvalue weighted by Gasteiger charge is -2.20. The number of hydrogen-bond donors (Lipinski definition) is 1. The summed E-state index contributed by atoms with van der Waals surface area (Å²) >= 11 is 0. The lowest BCUT2D eigenvalue weighted by atomic mass is 9.98. The topological polar surface area (TPSA) is 108 Å². The van der Waals surface area contributed by atoms with Gasteiger partial charge in [-0.1, -0.05) is 18.2 Å². The van der Waals surface area contributed by atoms with E-state index in [1.807, 2.05) is 81.7 Å². The van der Waals surface area contributed by atoms with Gasteiger partial charge in [-0.3, -0.25) is 9.48 Å². The molecule has 0 fully saturated rings. The van der Waals surface area contributed by atoms with Crippen LogP contribution in [0, 0.1) is 13.8 Å². The van der Waals surface area contributed by atoms with E-state index in [1.165, 1.54) is 11.1 Å². The third-order valence-corrected chi connectivity index (χ3v) is 6.70. The van der Waals surface area contributed by atoms with Crippen molar-refractivity contribution in [2.45, 2.75) is 26.8 Å². The zero-order valence-corrected chi connectivity index (χ0v) is 21.4. The van der Waals surface area contributed by atoms with Crippen LogP contribution in [0.15, 0.2) is 85.7 Å². The number of anilines is 1. The molecule has 0 spiro atoms. The van der Waals surface area contributed by atoms with Crippen LogP contribution in [0.1, 0.15) is 29.7 Å². The molecule has 0 radical (unpaired) electrons. The predicted molar refractivity (Wildman–Crippen MR) is 146 cm³/mol. The van der Waals surface area contributed by atoms with Gasteiger partial charge in [0.2, 0.25) is 0 Å². The summed E-state index contributed by atoms with van der Waals surface area (Å²) in [5.74, 6) is -0.141. The van der Waals surface area contributed by atoms with E-state index in [0.717, 1.165) is 33.3 Å². The van der Waals surface area contributed by atoms with Gasteiger partial charge < -0.3 is 14.3 Å². The first-order valence-electron chi connectivity index (χ1n) is 12.2. The Morgan fingerprint density at radius 1 is 1.03 bits per heavy atom. The van der Waals surface area contributed by atoms with Crippen molar-refractivity contribution in [1.29, 1.82) is 0 Å². The van der Waals surface area contributed by atoms with Crippen molar-refractivity contribution in [3.05, 3.63) is 105 Å². The monoisotopic (exact) mass is 507 g/mol. The maximum Gasteiger partial charge on any atom is 0.459 e. The summed E-state index contributed by atoms with van der Waals surface area (Å²) in [6.45, 7) is 5.76. The number of fused-ring (bicyclic) bond motifs is 2. The lowest BCUT2D eigenvalue weighted by molar-refractivity contribution is 0.321. The molecular weight excluding hydrogens is 482 g/mol. The van der Waals surface area contributed by atoms with Gasteiger partial charge >= 0.3 is 5.76 Å². The quantitative estimate of drug-likeness (QED) is 0.338. The summed E-state index contributed by atoms with van der Waals surface area (Å²) < 4.78 is 14.8. The van der Waals surface area contributed by atoms with Crippen LogP contribution in [0.25, 0.3) is 38.9 Å². The fraction of sp³-hybridized carbons (Fsp3) is 0.172. The highest BCUT2D eigenvalue weighted by Gasteiger charge is 2.20. The highest BCUT2D eigenvalue weighted by Crippen LogP contribution is 2.34. The molecule has 0 saturated carbocycles. The first-order chi connectivity index (χ1) is 18.3. The summed E-state index contributed by atoms with van der Waals surface area (Å²) in [5, 5.41) is 9.43. The molecule has 0 aliphatic rings. The Morgan fingerprint density at radius 3 is 2.63 bits per heavy atom. The van der Waals surface area contributed by atoms with Crippen molar-refractivity contribution in [2.75, 3.05) is 5.32 Å². The highest BCUT2D eigenvalue weighted by atomic mass is 16.5. The molecule has 9 nitrogen and oxygen atoms in total. The zero-order valence-electron chi connectivity index (χ0n) is 21.4. The van der Waals surface area contributed by atoms with E-state index in [4.69, 9.17) is 8.94 Å². The minimum atomic E-state index is -0.674. The molecule has 6 aromatic rings. The average Bonchev–Trinajstić information content (AvgIpc) is 3.50. The van der Waals surface area contributed by atoms with Gasteiger partial charge in [0.05, 0.1) is 22.6 Å². The zero-order chi connectivity index (χ0) is 26.6. The van der Waals surface area contributed by atoms with Gasteiger partial charge in [-0.15, -0.1) is 0 Å². The van der Waals surface area contributed by atoms with E-state index in [-0.39, 0.29) is 11.5 Å². The van der Waals surface area contributed by atoms with Crippen molar-refractivity contribution < 1.29 is 8.94 Å². The standard InChI is InChI=1S/C29H25N5O4/c1-16-11-21(18(3)31-24-7-5-6-8-25(24)34-15-30-29(36)38-34)28-22(12-16)26(35)17(2)27(37-28)19-9-10-23-20(13-19)14-33(4)32-23/h5-15,18,31H,1-4H3. The molecule has 3 aromatic carbocycles. The summed E-state index contributed by atoms with van der Waals surface area (Å²) in [6.07, 6.45) is 3.27. The Bertz CT molecular complexity index is 1960. The van der Waals surface area contributed by atoms with Crippen LogP contribution in [0.5, 0.6) is 0 Å². The number of nitrogens with zero attached hydrogens (tertiary/aromatic N) is 4. The molecular formula is C29H25N5O4. The van der Waals surface area contributed by atoms with Gasteiger partial charge in [0.25, 0.3) is 0 Å². The molecule has 0 amide bonds.